The largest absolute Gasteiger partial charge is 0.394 e. The summed E-state index contributed by atoms with van der Waals surface area (Å²) < 4.78 is 73.5. The number of benzene rings is 2. The molecule has 0 fully saturated rings. The minimum atomic E-state index is -4.00. The molecule has 0 heterocycles. The second kappa shape index (κ2) is 18.5. The number of hydrogen-bond acceptors (Lipinski definition) is 9. The molecule has 0 aliphatic rings. The third-order valence-corrected chi connectivity index (χ3v) is 5.03. The van der Waals surface area contributed by atoms with Gasteiger partial charge in [-0.1, -0.05) is 36.4 Å². The summed E-state index contributed by atoms with van der Waals surface area (Å²) in [5.41, 5.74) is 0. The lowest BCUT2D eigenvalue weighted by atomic mass is 10.4. The molecule has 4 N–H and O–H groups in total. The van der Waals surface area contributed by atoms with Gasteiger partial charge in [-0.2, -0.15) is 16.8 Å². The van der Waals surface area contributed by atoms with Crippen molar-refractivity contribution in [1.82, 2.24) is 0 Å². The lowest BCUT2D eigenvalue weighted by Gasteiger charge is -2.04. The van der Waals surface area contributed by atoms with Crippen LogP contribution in [-0.4, -0.2) is 89.0 Å². The van der Waals surface area contributed by atoms with Crippen LogP contribution in [0.3, 0.4) is 0 Å². The van der Waals surface area contributed by atoms with Crippen molar-refractivity contribution in [1.29, 1.82) is 0 Å². The number of aliphatic hydroxyl groups excluding tert-OH is 2. The van der Waals surface area contributed by atoms with E-state index in [9.17, 15) is 16.8 Å². The van der Waals surface area contributed by atoms with Gasteiger partial charge < -0.3 is 24.4 Å². The van der Waals surface area contributed by atoms with Crippen LogP contribution in [0.1, 0.15) is 0 Å². The van der Waals surface area contributed by atoms with Gasteiger partial charge in [0.1, 0.15) is 0 Å². The Bertz CT molecular complexity index is 841. The molecule has 0 amide bonds. The van der Waals surface area contributed by atoms with Gasteiger partial charge in [-0.3, -0.25) is 9.11 Å². The van der Waals surface area contributed by atoms with Crippen LogP contribution in [0.2, 0.25) is 0 Å². The monoisotopic (exact) mass is 510 g/mol. The predicted molar refractivity (Wildman–Crippen MR) is 119 cm³/mol. The molecule has 188 valence electrons. The smallest absolute Gasteiger partial charge is 0.294 e. The lowest BCUT2D eigenvalue weighted by Crippen LogP contribution is -2.11. The van der Waals surface area contributed by atoms with Gasteiger partial charge in [-0.15, -0.1) is 0 Å². The van der Waals surface area contributed by atoms with Gasteiger partial charge in [0, 0.05) is 0 Å². The molecule has 2 aromatic rings. The second-order valence-corrected chi connectivity index (χ2v) is 8.70. The highest BCUT2D eigenvalue weighted by molar-refractivity contribution is 7.86. The van der Waals surface area contributed by atoms with Gasteiger partial charge in [-0.05, 0) is 24.3 Å². The quantitative estimate of drug-likeness (QED) is 0.235. The van der Waals surface area contributed by atoms with Gasteiger partial charge in [0.15, 0.2) is 0 Å². The molecular formula is C20H30O11S2. The van der Waals surface area contributed by atoms with Crippen LogP contribution in [0, 0.1) is 0 Å². The lowest BCUT2D eigenvalue weighted by molar-refractivity contribution is 0.00230. The molecule has 0 aliphatic carbocycles. The molecule has 13 heteroatoms. The summed E-state index contributed by atoms with van der Waals surface area (Å²) in [6.45, 7) is 2.76. The van der Waals surface area contributed by atoms with E-state index in [1.54, 1.807) is 36.4 Å². The molecule has 0 saturated carbocycles. The third-order valence-electron chi connectivity index (χ3n) is 3.30. The van der Waals surface area contributed by atoms with Gasteiger partial charge in [0.25, 0.3) is 20.2 Å². The molecular weight excluding hydrogens is 480 g/mol. The molecule has 33 heavy (non-hydrogen) atoms. The number of rotatable bonds is 12. The average Bonchev–Trinajstić information content (AvgIpc) is 2.79. The topological polar surface area (TPSA) is 177 Å². The predicted octanol–water partition coefficient (Wildman–Crippen LogP) is 0.887. The van der Waals surface area contributed by atoms with Crippen molar-refractivity contribution in [2.75, 3.05) is 52.9 Å². The first kappa shape index (κ1) is 31.1. The molecule has 0 radical (unpaired) electrons. The van der Waals surface area contributed by atoms with E-state index >= 15 is 0 Å². The van der Waals surface area contributed by atoms with Crippen molar-refractivity contribution >= 4 is 20.2 Å². The van der Waals surface area contributed by atoms with E-state index in [4.69, 9.17) is 33.5 Å². The summed E-state index contributed by atoms with van der Waals surface area (Å²) in [4.78, 5) is -0.148. The van der Waals surface area contributed by atoms with Crippen LogP contribution in [0.25, 0.3) is 0 Å². The normalized spacial score (nSPS) is 11.0. The molecule has 2 rings (SSSR count). The number of hydrogen-bond donors (Lipinski definition) is 4. The highest BCUT2D eigenvalue weighted by Crippen LogP contribution is 2.06. The minimum Gasteiger partial charge on any atom is -0.394 e. The summed E-state index contributed by atoms with van der Waals surface area (Å²) in [6.07, 6.45) is 0. The Morgan fingerprint density at radius 2 is 0.788 bits per heavy atom. The van der Waals surface area contributed by atoms with Crippen molar-refractivity contribution < 1.29 is 50.4 Å². The first-order chi connectivity index (χ1) is 15.6. The molecule has 0 aliphatic heterocycles. The average molecular weight is 511 g/mol. The molecule has 0 bridgehead atoms. The molecule has 0 spiro atoms. The maximum atomic E-state index is 10.4. The van der Waals surface area contributed by atoms with Gasteiger partial charge in [-0.25, -0.2) is 0 Å². The highest BCUT2D eigenvalue weighted by atomic mass is 32.2. The summed E-state index contributed by atoms with van der Waals surface area (Å²) in [5, 5.41) is 16.7. The van der Waals surface area contributed by atoms with Crippen LogP contribution in [0.15, 0.2) is 70.5 Å². The summed E-state index contributed by atoms with van der Waals surface area (Å²) >= 11 is 0. The number of ether oxygens (including phenoxy) is 3. The molecule has 0 aromatic heterocycles. The SMILES string of the molecule is O=S(=O)(O)c1ccccc1.O=S(=O)(O)c1ccccc1.OCCOCCOCCOCCO. The Kier molecular flexibility index (Phi) is 17.4. The first-order valence-corrected chi connectivity index (χ1v) is 12.5. The van der Waals surface area contributed by atoms with Gasteiger partial charge in [0.2, 0.25) is 0 Å². The molecule has 0 saturated heterocycles. The van der Waals surface area contributed by atoms with Crippen LogP contribution >= 0.6 is 0 Å². The maximum absolute atomic E-state index is 10.4. The Morgan fingerprint density at radius 3 is 1.00 bits per heavy atom. The maximum Gasteiger partial charge on any atom is 0.294 e. The van der Waals surface area contributed by atoms with Crippen LogP contribution in [-0.2, 0) is 34.4 Å². The van der Waals surface area contributed by atoms with Crippen LogP contribution in [0.4, 0.5) is 0 Å². The second-order valence-electron chi connectivity index (χ2n) is 5.86. The van der Waals surface area contributed by atoms with E-state index in [1.807, 2.05) is 0 Å². The Labute approximate surface area is 194 Å². The minimum absolute atomic E-state index is 0.0413. The van der Waals surface area contributed by atoms with Crippen molar-refractivity contribution in [3.63, 3.8) is 0 Å². The van der Waals surface area contributed by atoms with Crippen molar-refractivity contribution in [2.24, 2.45) is 0 Å². The Morgan fingerprint density at radius 1 is 0.515 bits per heavy atom. The van der Waals surface area contributed by atoms with E-state index in [0.29, 0.717) is 39.6 Å². The van der Waals surface area contributed by atoms with Gasteiger partial charge in [0.05, 0.1) is 62.6 Å². The fourth-order valence-electron chi connectivity index (χ4n) is 1.86. The van der Waals surface area contributed by atoms with E-state index in [0.717, 1.165) is 0 Å². The fraction of sp³-hybridized carbons (Fsp3) is 0.400. The molecule has 11 nitrogen and oxygen atoms in total. The van der Waals surface area contributed by atoms with Gasteiger partial charge >= 0.3 is 0 Å². The molecule has 0 atom stereocenters. The van der Waals surface area contributed by atoms with E-state index in [1.165, 1.54) is 24.3 Å². The Balaban J connectivity index is 0.000000470. The van der Waals surface area contributed by atoms with Crippen molar-refractivity contribution in [3.8, 4) is 0 Å². The number of aliphatic hydroxyl groups is 2. The van der Waals surface area contributed by atoms with Crippen LogP contribution < -0.4 is 0 Å². The summed E-state index contributed by atoms with van der Waals surface area (Å²) in [5.74, 6) is 0. The zero-order valence-electron chi connectivity index (χ0n) is 17.9. The summed E-state index contributed by atoms with van der Waals surface area (Å²) in [7, 11) is -8.01. The fourth-order valence-corrected chi connectivity index (χ4v) is 2.86. The standard InChI is InChI=1S/C8H18O5.2C6H6O3S/c9-1-3-11-5-7-13-8-6-12-4-2-10;2*7-10(8,9)6-4-2-1-3-5-6/h9-10H,1-8H2;2*1-5H,(H,7,8,9). The molecule has 2 aromatic carbocycles. The van der Waals surface area contributed by atoms with E-state index in [2.05, 4.69) is 0 Å². The van der Waals surface area contributed by atoms with Crippen molar-refractivity contribution in [2.45, 2.75) is 9.79 Å². The first-order valence-electron chi connectivity index (χ1n) is 9.63. The van der Waals surface area contributed by atoms with E-state index in [-0.39, 0.29) is 23.0 Å². The summed E-state index contributed by atoms with van der Waals surface area (Å²) in [6, 6.07) is 14.8. The molecule has 0 unspecified atom stereocenters. The zero-order chi connectivity index (χ0) is 25.0. The third kappa shape index (κ3) is 18.2. The van der Waals surface area contributed by atoms with Crippen LogP contribution in [0.5, 0.6) is 0 Å². The highest BCUT2D eigenvalue weighted by Gasteiger charge is 2.06. The zero-order valence-corrected chi connectivity index (χ0v) is 19.5. The Hall–Kier alpha value is -1.94. The van der Waals surface area contributed by atoms with Crippen molar-refractivity contribution in [3.05, 3.63) is 60.7 Å². The van der Waals surface area contributed by atoms with E-state index < -0.39 is 20.2 Å².